The van der Waals surface area contributed by atoms with Gasteiger partial charge in [0.05, 0.1) is 5.60 Å². The topological polar surface area (TPSA) is 54.4 Å². The van der Waals surface area contributed by atoms with Gasteiger partial charge in [0.1, 0.15) is 6.29 Å². The standard InChI is InChI=1S/C17H30O.C10H20O2/c18-17-15-13-11-9-7-5-3-1-2-4-6-8-10-12-14-16-17;1-9(6-8-11)5-4-7-10(2,3)12/h13,15H,1-12,14,16H2;8-9,12H,4-7H2,1-3H3. The number of carbonyl (C=O) groups excluding carboxylic acids is 2. The summed E-state index contributed by atoms with van der Waals surface area (Å²) in [5.41, 5.74) is -0.555. The lowest BCUT2D eigenvalue weighted by atomic mass is 9.96. The molecule has 0 bridgehead atoms. The molecule has 30 heavy (non-hydrogen) atoms. The second-order valence-corrected chi connectivity index (χ2v) is 9.86. The molecule has 0 aromatic carbocycles. The van der Waals surface area contributed by atoms with E-state index < -0.39 is 5.60 Å². The molecule has 1 rings (SSSR count). The van der Waals surface area contributed by atoms with Crippen molar-refractivity contribution in [1.29, 1.82) is 0 Å². The molecule has 0 amide bonds. The summed E-state index contributed by atoms with van der Waals surface area (Å²) in [5, 5.41) is 9.39. The Kier molecular flexibility index (Phi) is 19.3. The molecule has 0 radical (unpaired) electrons. The van der Waals surface area contributed by atoms with Crippen LogP contribution < -0.4 is 0 Å². The van der Waals surface area contributed by atoms with E-state index in [0.717, 1.165) is 44.8 Å². The normalized spacial score (nSPS) is 19.3. The Hall–Kier alpha value is -0.960. The minimum Gasteiger partial charge on any atom is -0.390 e. The Morgan fingerprint density at radius 2 is 1.43 bits per heavy atom. The molecule has 0 aromatic rings. The lowest BCUT2D eigenvalue weighted by molar-refractivity contribution is -0.114. The van der Waals surface area contributed by atoms with E-state index in [2.05, 4.69) is 13.0 Å². The number of aliphatic hydroxyl groups is 1. The van der Waals surface area contributed by atoms with Crippen molar-refractivity contribution >= 4 is 12.1 Å². The summed E-state index contributed by atoms with van der Waals surface area (Å²) < 4.78 is 0. The van der Waals surface area contributed by atoms with Crippen LogP contribution in [0, 0.1) is 5.92 Å². The zero-order valence-corrected chi connectivity index (χ0v) is 20.3. The van der Waals surface area contributed by atoms with E-state index >= 15 is 0 Å². The van der Waals surface area contributed by atoms with Crippen molar-refractivity contribution in [1.82, 2.24) is 0 Å². The maximum Gasteiger partial charge on any atom is 0.155 e. The van der Waals surface area contributed by atoms with Crippen molar-refractivity contribution in [2.75, 3.05) is 0 Å². The lowest BCUT2D eigenvalue weighted by Crippen LogP contribution is -2.18. The number of rotatable bonds is 6. The van der Waals surface area contributed by atoms with Crippen molar-refractivity contribution in [2.24, 2.45) is 5.92 Å². The van der Waals surface area contributed by atoms with Gasteiger partial charge in [-0.15, -0.1) is 0 Å². The highest BCUT2D eigenvalue weighted by Crippen LogP contribution is 2.17. The third-order valence-corrected chi connectivity index (χ3v) is 5.83. The molecule has 0 saturated carbocycles. The maximum absolute atomic E-state index is 11.5. The van der Waals surface area contributed by atoms with Gasteiger partial charge in [0.15, 0.2) is 5.78 Å². The van der Waals surface area contributed by atoms with Crippen LogP contribution in [0.4, 0.5) is 0 Å². The molecule has 0 fully saturated rings. The van der Waals surface area contributed by atoms with Crippen molar-refractivity contribution in [3.63, 3.8) is 0 Å². The second kappa shape index (κ2) is 20.0. The van der Waals surface area contributed by atoms with Gasteiger partial charge >= 0.3 is 0 Å². The van der Waals surface area contributed by atoms with Crippen LogP contribution in [0.2, 0.25) is 0 Å². The summed E-state index contributed by atoms with van der Waals surface area (Å²) in [4.78, 5) is 21.7. The van der Waals surface area contributed by atoms with Gasteiger partial charge < -0.3 is 9.90 Å². The predicted molar refractivity (Wildman–Crippen MR) is 129 cm³/mol. The smallest absolute Gasteiger partial charge is 0.155 e. The Labute approximate surface area is 187 Å². The van der Waals surface area contributed by atoms with Gasteiger partial charge in [0, 0.05) is 12.8 Å². The van der Waals surface area contributed by atoms with Crippen LogP contribution in [0.15, 0.2) is 12.2 Å². The summed E-state index contributed by atoms with van der Waals surface area (Å²) in [6, 6.07) is 0. The first kappa shape index (κ1) is 29.0. The highest BCUT2D eigenvalue weighted by molar-refractivity contribution is 5.89. The van der Waals surface area contributed by atoms with Crippen LogP contribution in [-0.4, -0.2) is 22.8 Å². The molecule has 1 unspecified atom stereocenters. The van der Waals surface area contributed by atoms with Gasteiger partial charge in [-0.3, -0.25) is 4.79 Å². The first-order chi connectivity index (χ1) is 14.3. The molecule has 3 heteroatoms. The van der Waals surface area contributed by atoms with E-state index in [1.807, 2.05) is 19.9 Å². The lowest BCUT2D eigenvalue weighted by Gasteiger charge is -2.17. The van der Waals surface area contributed by atoms with E-state index in [1.54, 1.807) is 0 Å². The van der Waals surface area contributed by atoms with Gasteiger partial charge in [0.2, 0.25) is 0 Å². The quantitative estimate of drug-likeness (QED) is 0.445. The number of aldehydes is 1. The fourth-order valence-corrected chi connectivity index (χ4v) is 3.79. The van der Waals surface area contributed by atoms with Gasteiger partial charge in [0.25, 0.3) is 0 Å². The molecular weight excluding hydrogens is 372 g/mol. The Bertz CT molecular complexity index is 434. The van der Waals surface area contributed by atoms with Crippen molar-refractivity contribution in [3.05, 3.63) is 12.2 Å². The van der Waals surface area contributed by atoms with E-state index in [9.17, 15) is 14.7 Å². The minimum absolute atomic E-state index is 0.333. The van der Waals surface area contributed by atoms with E-state index in [1.165, 1.54) is 70.6 Å². The number of carbonyl (C=O) groups is 2. The molecule has 1 aliphatic rings. The fraction of sp³-hybridized carbons (Fsp3) is 0.852. The second-order valence-electron chi connectivity index (χ2n) is 9.86. The Morgan fingerprint density at radius 1 is 0.933 bits per heavy atom. The summed E-state index contributed by atoms with van der Waals surface area (Å²) >= 11 is 0. The van der Waals surface area contributed by atoms with Crippen LogP contribution in [0.1, 0.15) is 136 Å². The van der Waals surface area contributed by atoms with Gasteiger partial charge in [-0.05, 0) is 51.5 Å². The minimum atomic E-state index is -0.555. The summed E-state index contributed by atoms with van der Waals surface area (Å²) in [7, 11) is 0. The number of hydrogen-bond acceptors (Lipinski definition) is 3. The average Bonchev–Trinajstić information content (AvgIpc) is 2.67. The van der Waals surface area contributed by atoms with Crippen molar-refractivity contribution < 1.29 is 14.7 Å². The summed E-state index contributed by atoms with van der Waals surface area (Å²) in [5.74, 6) is 0.796. The maximum atomic E-state index is 11.5. The highest BCUT2D eigenvalue weighted by atomic mass is 16.3. The molecule has 3 nitrogen and oxygen atoms in total. The molecule has 176 valence electrons. The van der Waals surface area contributed by atoms with Crippen molar-refractivity contribution in [2.45, 2.75) is 142 Å². The zero-order valence-electron chi connectivity index (χ0n) is 20.3. The third-order valence-electron chi connectivity index (χ3n) is 5.83. The van der Waals surface area contributed by atoms with Crippen molar-refractivity contribution in [3.8, 4) is 0 Å². The van der Waals surface area contributed by atoms with Gasteiger partial charge in [-0.2, -0.15) is 0 Å². The molecule has 0 aliphatic heterocycles. The van der Waals surface area contributed by atoms with E-state index in [4.69, 9.17) is 0 Å². The molecular formula is C27H50O3. The summed E-state index contributed by atoms with van der Waals surface area (Å²) in [6.45, 7) is 5.70. The average molecular weight is 423 g/mol. The van der Waals surface area contributed by atoms with Crippen LogP contribution in [0.25, 0.3) is 0 Å². The largest absolute Gasteiger partial charge is 0.390 e. The summed E-state index contributed by atoms with van der Waals surface area (Å²) in [6.07, 6.45) is 26.2. The molecule has 0 saturated heterocycles. The zero-order chi connectivity index (χ0) is 22.5. The number of allylic oxidation sites excluding steroid dienone is 2. The molecule has 0 spiro atoms. The highest BCUT2D eigenvalue weighted by Gasteiger charge is 2.12. The molecule has 1 aliphatic carbocycles. The van der Waals surface area contributed by atoms with E-state index in [0.29, 0.717) is 18.1 Å². The van der Waals surface area contributed by atoms with Crippen LogP contribution in [0.3, 0.4) is 0 Å². The van der Waals surface area contributed by atoms with Crippen LogP contribution in [0.5, 0.6) is 0 Å². The number of hydrogen-bond donors (Lipinski definition) is 1. The van der Waals surface area contributed by atoms with Gasteiger partial charge in [-0.25, -0.2) is 0 Å². The first-order valence-corrected chi connectivity index (χ1v) is 12.7. The predicted octanol–water partition coefficient (Wildman–Crippen LogP) is 7.74. The molecule has 1 N–H and O–H groups in total. The third kappa shape index (κ3) is 23.3. The first-order valence-electron chi connectivity index (χ1n) is 12.7. The Morgan fingerprint density at radius 3 is 1.93 bits per heavy atom. The monoisotopic (exact) mass is 422 g/mol. The number of ketones is 1. The Balaban J connectivity index is 0.000000612. The molecule has 1 atom stereocenters. The molecule has 0 heterocycles. The SMILES string of the molecule is CC(CC=O)CCCC(C)(C)O.O=C1C=CCCCCCCCCCCCCCC1. The van der Waals surface area contributed by atoms with Gasteiger partial charge in [-0.1, -0.05) is 90.0 Å². The van der Waals surface area contributed by atoms with E-state index in [-0.39, 0.29) is 0 Å². The van der Waals surface area contributed by atoms with Crippen LogP contribution >= 0.6 is 0 Å². The fourth-order valence-electron chi connectivity index (χ4n) is 3.79. The van der Waals surface area contributed by atoms with Crippen LogP contribution in [-0.2, 0) is 9.59 Å². The molecule has 0 aromatic heterocycles.